The van der Waals surface area contributed by atoms with E-state index >= 15 is 0 Å². The summed E-state index contributed by atoms with van der Waals surface area (Å²) in [4.78, 5) is 22.3. The first-order chi connectivity index (χ1) is 12.6. The molecule has 3 rings (SSSR count). The first-order valence-corrected chi connectivity index (χ1v) is 7.96. The van der Waals surface area contributed by atoms with Gasteiger partial charge in [0.15, 0.2) is 0 Å². The summed E-state index contributed by atoms with van der Waals surface area (Å²) in [6.45, 7) is 0. The van der Waals surface area contributed by atoms with Gasteiger partial charge in [0.1, 0.15) is 10.7 Å². The first-order valence-electron chi connectivity index (χ1n) is 7.96. The van der Waals surface area contributed by atoms with Crippen LogP contribution in [0.15, 0.2) is 83.3 Å². The maximum atomic E-state index is 12.3. The fraction of sp³-hybridized carbons (Fsp3) is 0.0500. The highest BCUT2D eigenvalue weighted by atomic mass is 16.6. The molecule has 0 saturated carbocycles. The van der Waals surface area contributed by atoms with Crippen LogP contribution in [0.4, 0.5) is 5.88 Å². The summed E-state index contributed by atoms with van der Waals surface area (Å²) >= 11 is 0. The third-order valence-corrected chi connectivity index (χ3v) is 3.74. The van der Waals surface area contributed by atoms with Crippen LogP contribution in [0, 0.1) is 10.1 Å². The molecule has 0 fully saturated rings. The number of carbonyl (C=O) groups excluding carboxylic acids is 1. The molecule has 6 heteroatoms. The summed E-state index contributed by atoms with van der Waals surface area (Å²) in [5.74, 6) is -0.457. The number of hydrogen-bond donors (Lipinski definition) is 1. The van der Waals surface area contributed by atoms with Crippen molar-refractivity contribution in [2.24, 2.45) is 0 Å². The summed E-state index contributed by atoms with van der Waals surface area (Å²) in [6.07, 6.45) is 2.69. The molecule has 0 spiro atoms. The van der Waals surface area contributed by atoms with E-state index in [2.05, 4.69) is 5.32 Å². The number of carbonyl (C=O) groups is 1. The molecule has 26 heavy (non-hydrogen) atoms. The van der Waals surface area contributed by atoms with Crippen LogP contribution in [0.1, 0.15) is 22.9 Å². The van der Waals surface area contributed by atoms with E-state index in [-0.39, 0.29) is 23.6 Å². The summed E-state index contributed by atoms with van der Waals surface area (Å²) < 4.78 is 5.00. The molecule has 1 aromatic heterocycles. The van der Waals surface area contributed by atoms with E-state index < -0.39 is 4.92 Å². The van der Waals surface area contributed by atoms with E-state index in [0.717, 1.165) is 11.1 Å². The number of nitrogens with one attached hydrogen (secondary N) is 1. The van der Waals surface area contributed by atoms with Crippen molar-refractivity contribution >= 4 is 17.9 Å². The monoisotopic (exact) mass is 348 g/mol. The maximum Gasteiger partial charge on any atom is 0.433 e. The quantitative estimate of drug-likeness (QED) is 0.413. The number of rotatable bonds is 6. The van der Waals surface area contributed by atoms with Crippen molar-refractivity contribution in [3.8, 4) is 0 Å². The number of nitrogens with zero attached hydrogens (tertiary/aromatic N) is 1. The lowest BCUT2D eigenvalue weighted by atomic mass is 9.99. The van der Waals surface area contributed by atoms with Crippen LogP contribution in [0.2, 0.25) is 0 Å². The zero-order valence-corrected chi connectivity index (χ0v) is 13.7. The van der Waals surface area contributed by atoms with Crippen molar-refractivity contribution < 1.29 is 14.1 Å². The Kier molecular flexibility index (Phi) is 5.24. The Morgan fingerprint density at radius 3 is 2.04 bits per heavy atom. The third-order valence-electron chi connectivity index (χ3n) is 3.74. The average molecular weight is 348 g/mol. The number of benzene rings is 2. The van der Waals surface area contributed by atoms with Crippen molar-refractivity contribution in [3.63, 3.8) is 0 Å². The van der Waals surface area contributed by atoms with Crippen molar-refractivity contribution in [2.75, 3.05) is 0 Å². The second-order valence-corrected chi connectivity index (χ2v) is 5.53. The van der Waals surface area contributed by atoms with Gasteiger partial charge in [0.05, 0.1) is 12.1 Å². The van der Waals surface area contributed by atoms with Gasteiger partial charge in [0.2, 0.25) is 5.91 Å². The van der Waals surface area contributed by atoms with Crippen LogP contribution < -0.4 is 5.32 Å². The third kappa shape index (κ3) is 4.24. The van der Waals surface area contributed by atoms with E-state index in [9.17, 15) is 14.9 Å². The van der Waals surface area contributed by atoms with E-state index in [1.165, 1.54) is 24.3 Å². The van der Waals surface area contributed by atoms with Crippen LogP contribution in [-0.2, 0) is 4.79 Å². The zero-order chi connectivity index (χ0) is 18.4. The van der Waals surface area contributed by atoms with Gasteiger partial charge in [-0.1, -0.05) is 60.7 Å². The van der Waals surface area contributed by atoms with Crippen LogP contribution in [0.3, 0.4) is 0 Å². The molecule has 0 bridgehead atoms. The Bertz CT molecular complexity index is 878. The Morgan fingerprint density at radius 1 is 0.962 bits per heavy atom. The number of nitro groups is 1. The van der Waals surface area contributed by atoms with Crippen LogP contribution in [0.5, 0.6) is 0 Å². The standard InChI is InChI=1S/C20H16N2O4/c23-18(13-11-17-12-14-19(26-17)22(24)25)21-20(15-7-3-1-4-8-15)16-9-5-2-6-10-16/h1-14,20H,(H,21,23)/b13-11+. The average Bonchev–Trinajstić information content (AvgIpc) is 3.15. The van der Waals surface area contributed by atoms with Gasteiger partial charge in [-0.05, 0) is 23.3 Å². The van der Waals surface area contributed by atoms with Crippen LogP contribution in [0.25, 0.3) is 6.08 Å². The smallest absolute Gasteiger partial charge is 0.401 e. The summed E-state index contributed by atoms with van der Waals surface area (Å²) in [6, 6.07) is 21.6. The molecule has 0 aliphatic heterocycles. The Hall–Kier alpha value is -3.67. The molecule has 1 heterocycles. The normalized spacial score (nSPS) is 11.0. The largest absolute Gasteiger partial charge is 0.433 e. The minimum Gasteiger partial charge on any atom is -0.401 e. The predicted octanol–water partition coefficient (Wildman–Crippen LogP) is 4.11. The van der Waals surface area contributed by atoms with Crippen molar-refractivity contribution in [2.45, 2.75) is 6.04 Å². The molecule has 0 radical (unpaired) electrons. The van der Waals surface area contributed by atoms with Crippen molar-refractivity contribution in [1.29, 1.82) is 0 Å². The molecule has 2 aromatic carbocycles. The van der Waals surface area contributed by atoms with E-state index in [0.29, 0.717) is 0 Å². The number of hydrogen-bond acceptors (Lipinski definition) is 4. The zero-order valence-electron chi connectivity index (χ0n) is 13.7. The molecular weight excluding hydrogens is 332 g/mol. The molecular formula is C20H16N2O4. The Balaban J connectivity index is 1.77. The Labute approximate surface area is 149 Å². The number of furan rings is 1. The van der Waals surface area contributed by atoms with Crippen molar-refractivity contribution in [3.05, 3.63) is 106 Å². The summed E-state index contributed by atoms with van der Waals surface area (Å²) in [5, 5.41) is 13.6. The van der Waals surface area contributed by atoms with Crippen LogP contribution in [-0.4, -0.2) is 10.8 Å². The molecule has 0 aliphatic rings. The highest BCUT2D eigenvalue weighted by Crippen LogP contribution is 2.22. The minimum atomic E-state index is -0.627. The summed E-state index contributed by atoms with van der Waals surface area (Å²) in [5.41, 5.74) is 1.91. The SMILES string of the molecule is O=C(/C=C/c1ccc([N+](=O)[O-])o1)NC(c1ccccc1)c1ccccc1. The van der Waals surface area contributed by atoms with E-state index in [4.69, 9.17) is 4.42 Å². The molecule has 1 N–H and O–H groups in total. The van der Waals surface area contributed by atoms with E-state index in [1.54, 1.807) is 0 Å². The topological polar surface area (TPSA) is 85.4 Å². The van der Waals surface area contributed by atoms with Gasteiger partial charge in [-0.25, -0.2) is 0 Å². The lowest BCUT2D eigenvalue weighted by Crippen LogP contribution is -2.27. The molecule has 0 unspecified atom stereocenters. The van der Waals surface area contributed by atoms with Gasteiger partial charge >= 0.3 is 5.88 Å². The highest BCUT2D eigenvalue weighted by molar-refractivity contribution is 5.92. The molecule has 0 atom stereocenters. The molecule has 0 saturated heterocycles. The van der Waals surface area contributed by atoms with E-state index in [1.807, 2.05) is 60.7 Å². The predicted molar refractivity (Wildman–Crippen MR) is 97.3 cm³/mol. The van der Waals surface area contributed by atoms with Gasteiger partial charge in [0, 0.05) is 6.08 Å². The van der Waals surface area contributed by atoms with Crippen molar-refractivity contribution in [1.82, 2.24) is 5.32 Å². The van der Waals surface area contributed by atoms with Crippen LogP contribution >= 0.6 is 0 Å². The molecule has 3 aromatic rings. The Morgan fingerprint density at radius 2 is 1.54 bits per heavy atom. The lowest BCUT2D eigenvalue weighted by molar-refractivity contribution is -0.402. The second-order valence-electron chi connectivity index (χ2n) is 5.53. The second kappa shape index (κ2) is 7.94. The number of amides is 1. The first kappa shape index (κ1) is 17.2. The molecule has 130 valence electrons. The maximum absolute atomic E-state index is 12.3. The minimum absolute atomic E-state index is 0.239. The fourth-order valence-electron chi connectivity index (χ4n) is 2.53. The molecule has 0 aliphatic carbocycles. The van der Waals surface area contributed by atoms with Gasteiger partial charge in [0.25, 0.3) is 0 Å². The van der Waals surface area contributed by atoms with Gasteiger partial charge in [-0.15, -0.1) is 0 Å². The molecule has 1 amide bonds. The van der Waals surface area contributed by atoms with Gasteiger partial charge in [-0.3, -0.25) is 14.9 Å². The van der Waals surface area contributed by atoms with Gasteiger partial charge < -0.3 is 9.73 Å². The van der Waals surface area contributed by atoms with Gasteiger partial charge in [-0.2, -0.15) is 0 Å². The fourth-order valence-corrected chi connectivity index (χ4v) is 2.53. The lowest BCUT2D eigenvalue weighted by Gasteiger charge is -2.19. The molecule has 6 nitrogen and oxygen atoms in total. The summed E-state index contributed by atoms with van der Waals surface area (Å²) in [7, 11) is 0. The highest BCUT2D eigenvalue weighted by Gasteiger charge is 2.15.